The van der Waals surface area contributed by atoms with Gasteiger partial charge in [0.1, 0.15) is 0 Å². The fourth-order valence-corrected chi connectivity index (χ4v) is 4.74. The monoisotopic (exact) mass is 422 g/mol. The minimum Gasteiger partial charge on any atom is -0.372 e. The van der Waals surface area contributed by atoms with Gasteiger partial charge in [-0.05, 0) is 35.6 Å². The molecule has 0 radical (unpaired) electrons. The molecule has 32 heavy (non-hydrogen) atoms. The van der Waals surface area contributed by atoms with E-state index in [1.54, 1.807) is 0 Å². The van der Waals surface area contributed by atoms with Gasteiger partial charge in [0.2, 0.25) is 0 Å². The van der Waals surface area contributed by atoms with Crippen LogP contribution in [0.4, 0.5) is 11.4 Å². The minimum atomic E-state index is -0.237. The highest BCUT2D eigenvalue weighted by atomic mass is 16.1. The normalized spacial score (nSPS) is 19.2. The van der Waals surface area contributed by atoms with Gasteiger partial charge in [0.05, 0.1) is 17.4 Å². The topological polar surface area (TPSA) is 58.2 Å². The number of carbonyl (C=O) groups excluding carboxylic acids is 2. The third kappa shape index (κ3) is 3.73. The first kappa shape index (κ1) is 20.3. The smallest absolute Gasteiger partial charge is 0.193 e. The van der Waals surface area contributed by atoms with Gasteiger partial charge >= 0.3 is 0 Å². The van der Waals surface area contributed by atoms with Crippen molar-refractivity contribution in [2.75, 3.05) is 10.6 Å². The Hall–Kier alpha value is -3.66. The molecule has 4 nitrogen and oxygen atoms in total. The fourth-order valence-electron chi connectivity index (χ4n) is 4.74. The number of Topliss-reactive ketones (excluding diaryl/α,β-unsaturated/α-hetero) is 1. The van der Waals surface area contributed by atoms with E-state index in [1.807, 2.05) is 78.9 Å². The van der Waals surface area contributed by atoms with Gasteiger partial charge in [0.15, 0.2) is 11.6 Å². The number of allylic oxidation sites excluding steroid dienone is 1. The van der Waals surface area contributed by atoms with Crippen LogP contribution in [-0.2, 0) is 4.79 Å². The Bertz CT molecular complexity index is 1230. The van der Waals surface area contributed by atoms with E-state index in [-0.39, 0.29) is 23.0 Å². The summed E-state index contributed by atoms with van der Waals surface area (Å²) >= 11 is 0. The molecule has 3 aromatic rings. The molecule has 1 unspecified atom stereocenters. The molecular formula is C28H26N2O2. The molecule has 1 heterocycles. The highest BCUT2D eigenvalue weighted by Gasteiger charge is 2.38. The van der Waals surface area contributed by atoms with Gasteiger partial charge in [-0.15, -0.1) is 0 Å². The van der Waals surface area contributed by atoms with E-state index in [4.69, 9.17) is 0 Å². The van der Waals surface area contributed by atoms with Crippen molar-refractivity contribution in [3.05, 3.63) is 107 Å². The zero-order valence-corrected chi connectivity index (χ0v) is 18.3. The quantitative estimate of drug-likeness (QED) is 0.498. The zero-order valence-electron chi connectivity index (χ0n) is 18.3. The Labute approximate surface area is 188 Å². The molecule has 3 aromatic carbocycles. The average Bonchev–Trinajstić information content (AvgIpc) is 2.95. The first-order valence-corrected chi connectivity index (χ1v) is 11.0. The molecule has 2 N–H and O–H groups in total. The molecule has 0 saturated heterocycles. The number of benzene rings is 3. The lowest BCUT2D eigenvalue weighted by Gasteiger charge is -2.34. The predicted octanol–water partition coefficient (Wildman–Crippen LogP) is 6.14. The van der Waals surface area contributed by atoms with Crippen LogP contribution in [-0.4, -0.2) is 11.6 Å². The van der Waals surface area contributed by atoms with E-state index in [2.05, 4.69) is 24.5 Å². The van der Waals surface area contributed by atoms with Gasteiger partial charge in [0.25, 0.3) is 0 Å². The van der Waals surface area contributed by atoms with Crippen molar-refractivity contribution < 1.29 is 9.59 Å². The zero-order chi connectivity index (χ0) is 22.3. The Kier molecular flexibility index (Phi) is 4.93. The summed E-state index contributed by atoms with van der Waals surface area (Å²) in [5, 5.41) is 7.12. The van der Waals surface area contributed by atoms with Gasteiger partial charge in [-0.3, -0.25) is 9.59 Å². The molecule has 160 valence electrons. The van der Waals surface area contributed by atoms with Crippen LogP contribution in [0.2, 0.25) is 0 Å². The maximum atomic E-state index is 13.3. The van der Waals surface area contributed by atoms with Crippen molar-refractivity contribution >= 4 is 22.9 Å². The highest BCUT2D eigenvalue weighted by molar-refractivity contribution is 6.10. The second-order valence-electron chi connectivity index (χ2n) is 9.40. The van der Waals surface area contributed by atoms with Crippen molar-refractivity contribution in [1.29, 1.82) is 0 Å². The van der Waals surface area contributed by atoms with E-state index >= 15 is 0 Å². The molecule has 1 aliphatic heterocycles. The maximum Gasteiger partial charge on any atom is 0.193 e. The van der Waals surface area contributed by atoms with Crippen LogP contribution in [0.3, 0.4) is 0 Å². The molecule has 2 aliphatic rings. The summed E-state index contributed by atoms with van der Waals surface area (Å²) in [5.41, 5.74) is 5.64. The molecule has 1 atom stereocenters. The lowest BCUT2D eigenvalue weighted by atomic mass is 9.73. The van der Waals surface area contributed by atoms with E-state index in [0.29, 0.717) is 17.5 Å². The Morgan fingerprint density at radius 2 is 1.53 bits per heavy atom. The van der Waals surface area contributed by atoms with Crippen molar-refractivity contribution in [2.24, 2.45) is 5.41 Å². The molecule has 0 bridgehead atoms. The SMILES string of the molecule is CC1(C)CC(=O)C2=C(C1)Nc1cc(C(=O)c3ccccc3)ccc1NC2c1ccccc1. The van der Waals surface area contributed by atoms with Crippen LogP contribution < -0.4 is 10.6 Å². The van der Waals surface area contributed by atoms with Gasteiger partial charge in [-0.2, -0.15) is 0 Å². The number of fused-ring (bicyclic) bond motifs is 1. The van der Waals surface area contributed by atoms with Crippen LogP contribution in [0.5, 0.6) is 0 Å². The number of anilines is 2. The first-order chi connectivity index (χ1) is 15.4. The summed E-state index contributed by atoms with van der Waals surface area (Å²) in [4.78, 5) is 26.3. The number of hydrogen-bond acceptors (Lipinski definition) is 4. The average molecular weight is 423 g/mol. The van der Waals surface area contributed by atoms with E-state index < -0.39 is 0 Å². The fraction of sp³-hybridized carbons (Fsp3) is 0.214. The molecule has 0 fully saturated rings. The number of hydrogen-bond donors (Lipinski definition) is 2. The second-order valence-corrected chi connectivity index (χ2v) is 9.40. The predicted molar refractivity (Wildman–Crippen MR) is 128 cm³/mol. The van der Waals surface area contributed by atoms with E-state index in [9.17, 15) is 9.59 Å². The summed E-state index contributed by atoms with van der Waals surface area (Å²) < 4.78 is 0. The summed E-state index contributed by atoms with van der Waals surface area (Å²) in [7, 11) is 0. The van der Waals surface area contributed by atoms with Crippen LogP contribution in [0, 0.1) is 5.41 Å². The molecule has 4 heteroatoms. The molecule has 5 rings (SSSR count). The molecule has 0 spiro atoms. The molecule has 1 aliphatic carbocycles. The van der Waals surface area contributed by atoms with Crippen molar-refractivity contribution in [3.8, 4) is 0 Å². The molecule has 0 saturated carbocycles. The largest absolute Gasteiger partial charge is 0.372 e. The Balaban J connectivity index is 1.61. The summed E-state index contributed by atoms with van der Waals surface area (Å²) in [6, 6.07) is 24.8. The second kappa shape index (κ2) is 7.79. The van der Waals surface area contributed by atoms with Crippen molar-refractivity contribution in [3.63, 3.8) is 0 Å². The summed E-state index contributed by atoms with van der Waals surface area (Å²) in [6.45, 7) is 4.25. The van der Waals surface area contributed by atoms with Crippen LogP contribution >= 0.6 is 0 Å². The van der Waals surface area contributed by atoms with Crippen molar-refractivity contribution in [1.82, 2.24) is 0 Å². The van der Waals surface area contributed by atoms with Crippen LogP contribution in [0.25, 0.3) is 0 Å². The lowest BCUT2D eigenvalue weighted by Crippen LogP contribution is -2.31. The van der Waals surface area contributed by atoms with Gasteiger partial charge < -0.3 is 10.6 Å². The van der Waals surface area contributed by atoms with E-state index in [1.165, 1.54) is 0 Å². The summed E-state index contributed by atoms with van der Waals surface area (Å²) in [5.74, 6) is 0.145. The van der Waals surface area contributed by atoms with Gasteiger partial charge in [0, 0.05) is 28.8 Å². The number of carbonyl (C=O) groups is 2. The minimum absolute atomic E-state index is 0.0201. The standard InChI is InChI=1S/C28H26N2O2/c1-28(2)16-23-25(24(31)17-28)26(18-9-5-3-6-10-18)30-21-14-13-20(15-22(21)29-23)27(32)19-11-7-4-8-12-19/h3-15,26,29-30H,16-17H2,1-2H3. The number of rotatable bonds is 3. The number of ketones is 2. The van der Waals surface area contributed by atoms with Crippen molar-refractivity contribution in [2.45, 2.75) is 32.7 Å². The summed E-state index contributed by atoms with van der Waals surface area (Å²) in [6.07, 6.45) is 1.29. The molecule has 0 aromatic heterocycles. The maximum absolute atomic E-state index is 13.3. The van der Waals surface area contributed by atoms with Crippen LogP contribution in [0.1, 0.15) is 54.2 Å². The van der Waals surface area contributed by atoms with Crippen LogP contribution in [0.15, 0.2) is 90.1 Å². The Morgan fingerprint density at radius 1 is 0.844 bits per heavy atom. The molecular weight excluding hydrogens is 396 g/mol. The van der Waals surface area contributed by atoms with Gasteiger partial charge in [-0.25, -0.2) is 0 Å². The lowest BCUT2D eigenvalue weighted by molar-refractivity contribution is -0.118. The number of nitrogens with one attached hydrogen (secondary N) is 2. The molecule has 0 amide bonds. The van der Waals surface area contributed by atoms with E-state index in [0.717, 1.165) is 34.6 Å². The third-order valence-electron chi connectivity index (χ3n) is 6.24. The highest BCUT2D eigenvalue weighted by Crippen LogP contribution is 2.45. The van der Waals surface area contributed by atoms with Gasteiger partial charge in [-0.1, -0.05) is 74.5 Å². The first-order valence-electron chi connectivity index (χ1n) is 11.0. The third-order valence-corrected chi connectivity index (χ3v) is 6.24. The Morgan fingerprint density at radius 3 is 2.25 bits per heavy atom.